The number of Topliss-reactive ketones (excluding diaryl/α,β-unsaturated/α-hetero) is 1. The van der Waals surface area contributed by atoms with Crippen molar-refractivity contribution in [2.24, 2.45) is 4.99 Å². The summed E-state index contributed by atoms with van der Waals surface area (Å²) in [5.41, 5.74) is 0.517. The molecule has 7 nitrogen and oxygen atoms in total. The number of rotatable bonds is 5. The summed E-state index contributed by atoms with van der Waals surface area (Å²) in [6.07, 6.45) is 4.48. The second-order valence-corrected chi connectivity index (χ2v) is 4.02. The van der Waals surface area contributed by atoms with Gasteiger partial charge in [0.1, 0.15) is 12.2 Å². The number of nitrogens with one attached hydrogen (secondary N) is 1. The number of imidazole rings is 1. The number of carbonyl (C=O) groups excluding carboxylic acids is 1. The Morgan fingerprint density at radius 2 is 2.33 bits per heavy atom. The Morgan fingerprint density at radius 1 is 1.50 bits per heavy atom. The van der Waals surface area contributed by atoms with Gasteiger partial charge in [0.05, 0.1) is 12.7 Å². The number of aliphatic imine (C=N–C) groups is 1. The quantitative estimate of drug-likeness (QED) is 0.752. The van der Waals surface area contributed by atoms with Gasteiger partial charge in [-0.3, -0.25) is 14.6 Å². The maximum absolute atomic E-state index is 11.8. The van der Waals surface area contributed by atoms with E-state index < -0.39 is 5.97 Å². The Morgan fingerprint density at radius 3 is 3.11 bits per heavy atom. The largest absolute Gasteiger partial charge is 0.481 e. The van der Waals surface area contributed by atoms with Gasteiger partial charge in [-0.05, 0) is 12.8 Å². The molecule has 18 heavy (non-hydrogen) atoms. The van der Waals surface area contributed by atoms with Crippen molar-refractivity contribution in [3.05, 3.63) is 12.0 Å². The SMILES string of the molecule is O=C(O)CCCCn1cnc2c1C(=O)CN=CN2. The molecule has 0 spiro atoms. The molecule has 0 radical (unpaired) electrons. The van der Waals surface area contributed by atoms with Crippen LogP contribution in [0.5, 0.6) is 0 Å². The predicted octanol–water partition coefficient (Wildman–Crippen LogP) is 0.774. The van der Waals surface area contributed by atoms with Gasteiger partial charge >= 0.3 is 5.97 Å². The molecule has 0 bridgehead atoms. The second kappa shape index (κ2) is 5.44. The fourth-order valence-corrected chi connectivity index (χ4v) is 1.82. The van der Waals surface area contributed by atoms with Crippen molar-refractivity contribution in [3.8, 4) is 0 Å². The highest BCUT2D eigenvalue weighted by atomic mass is 16.4. The fourth-order valence-electron chi connectivity index (χ4n) is 1.82. The van der Waals surface area contributed by atoms with Crippen LogP contribution in [0.1, 0.15) is 29.8 Å². The number of unbranched alkanes of at least 4 members (excludes halogenated alkanes) is 1. The predicted molar refractivity (Wildman–Crippen MR) is 65.0 cm³/mol. The van der Waals surface area contributed by atoms with Crippen molar-refractivity contribution in [2.45, 2.75) is 25.8 Å². The van der Waals surface area contributed by atoms with E-state index in [4.69, 9.17) is 5.11 Å². The lowest BCUT2D eigenvalue weighted by Gasteiger charge is -2.06. The fraction of sp³-hybridized carbons (Fsp3) is 0.455. The first-order valence-corrected chi connectivity index (χ1v) is 5.73. The summed E-state index contributed by atoms with van der Waals surface area (Å²) in [4.78, 5) is 30.2. The number of carboxylic acid groups (broad SMARTS) is 1. The zero-order valence-electron chi connectivity index (χ0n) is 9.80. The van der Waals surface area contributed by atoms with E-state index >= 15 is 0 Å². The lowest BCUT2D eigenvalue weighted by Crippen LogP contribution is -2.11. The molecule has 0 unspecified atom stereocenters. The van der Waals surface area contributed by atoms with E-state index in [-0.39, 0.29) is 18.7 Å². The Bertz CT molecular complexity index is 492. The second-order valence-electron chi connectivity index (χ2n) is 4.02. The number of hydrogen-bond donors (Lipinski definition) is 2. The minimum Gasteiger partial charge on any atom is -0.481 e. The molecular formula is C11H14N4O3. The lowest BCUT2D eigenvalue weighted by atomic mass is 10.2. The molecular weight excluding hydrogens is 236 g/mol. The molecule has 7 heteroatoms. The Hall–Kier alpha value is -2.18. The van der Waals surface area contributed by atoms with E-state index in [0.29, 0.717) is 30.9 Å². The number of aromatic nitrogens is 2. The highest BCUT2D eigenvalue weighted by molar-refractivity contribution is 6.04. The molecule has 96 valence electrons. The van der Waals surface area contributed by atoms with Crippen LogP contribution in [0, 0.1) is 0 Å². The van der Waals surface area contributed by atoms with Gasteiger partial charge in [-0.1, -0.05) is 0 Å². The smallest absolute Gasteiger partial charge is 0.303 e. The summed E-state index contributed by atoms with van der Waals surface area (Å²) in [5.74, 6) is -0.368. The first kappa shape index (κ1) is 12.3. The number of anilines is 1. The van der Waals surface area contributed by atoms with Crippen molar-refractivity contribution >= 4 is 23.9 Å². The van der Waals surface area contributed by atoms with Gasteiger partial charge in [-0.2, -0.15) is 0 Å². The standard InChI is InChI=1S/C11H14N4O3/c16-8-5-12-6-13-11-10(8)15(7-14-11)4-2-1-3-9(17)18/h6-7H,1-5H2,(H,12,13)(H,17,18). The molecule has 0 amide bonds. The Balaban J connectivity index is 2.00. The lowest BCUT2D eigenvalue weighted by molar-refractivity contribution is -0.137. The van der Waals surface area contributed by atoms with Gasteiger partial charge in [0, 0.05) is 13.0 Å². The van der Waals surface area contributed by atoms with Crippen LogP contribution in [-0.4, -0.2) is 39.3 Å². The molecule has 2 N–H and O–H groups in total. The monoisotopic (exact) mass is 250 g/mol. The number of fused-ring (bicyclic) bond motifs is 1. The molecule has 0 aliphatic carbocycles. The Kier molecular flexibility index (Phi) is 3.71. The van der Waals surface area contributed by atoms with Crippen LogP contribution in [0.2, 0.25) is 0 Å². The molecule has 0 atom stereocenters. The molecule has 0 saturated heterocycles. The maximum atomic E-state index is 11.8. The average molecular weight is 250 g/mol. The topological polar surface area (TPSA) is 96.6 Å². The van der Waals surface area contributed by atoms with Gasteiger partial charge < -0.3 is 15.0 Å². The highest BCUT2D eigenvalue weighted by Crippen LogP contribution is 2.16. The third-order valence-corrected chi connectivity index (χ3v) is 2.67. The van der Waals surface area contributed by atoms with E-state index in [2.05, 4.69) is 15.3 Å². The van der Waals surface area contributed by atoms with Crippen LogP contribution in [0.4, 0.5) is 5.82 Å². The summed E-state index contributed by atoms with van der Waals surface area (Å²) in [6, 6.07) is 0. The van der Waals surface area contributed by atoms with Crippen LogP contribution >= 0.6 is 0 Å². The number of carbonyl (C=O) groups is 2. The average Bonchev–Trinajstić information content (AvgIpc) is 2.64. The van der Waals surface area contributed by atoms with Gasteiger partial charge in [0.2, 0.25) is 5.78 Å². The third-order valence-electron chi connectivity index (χ3n) is 2.67. The molecule has 1 aliphatic rings. The normalized spacial score (nSPS) is 13.9. The summed E-state index contributed by atoms with van der Waals surface area (Å²) >= 11 is 0. The van der Waals surface area contributed by atoms with Gasteiger partial charge in [0.25, 0.3) is 0 Å². The van der Waals surface area contributed by atoms with Crippen LogP contribution in [0.15, 0.2) is 11.3 Å². The molecule has 2 heterocycles. The first-order chi connectivity index (χ1) is 8.68. The number of hydrogen-bond acceptors (Lipinski definition) is 5. The van der Waals surface area contributed by atoms with Crippen molar-refractivity contribution in [1.82, 2.24) is 9.55 Å². The molecule has 0 saturated carbocycles. The van der Waals surface area contributed by atoms with Crippen molar-refractivity contribution in [1.29, 1.82) is 0 Å². The van der Waals surface area contributed by atoms with Crippen molar-refractivity contribution in [3.63, 3.8) is 0 Å². The number of aryl methyl sites for hydroxylation is 1. The maximum Gasteiger partial charge on any atom is 0.303 e. The zero-order chi connectivity index (χ0) is 13.0. The summed E-state index contributed by atoms with van der Waals surface area (Å²) in [6.45, 7) is 0.698. The van der Waals surface area contributed by atoms with E-state index in [9.17, 15) is 9.59 Å². The first-order valence-electron chi connectivity index (χ1n) is 5.73. The molecule has 0 aromatic carbocycles. The molecule has 1 aromatic rings. The zero-order valence-corrected chi connectivity index (χ0v) is 9.80. The molecule has 1 aliphatic heterocycles. The van der Waals surface area contributed by atoms with E-state index in [1.54, 1.807) is 10.9 Å². The summed E-state index contributed by atoms with van der Waals surface area (Å²) in [7, 11) is 0. The van der Waals surface area contributed by atoms with Crippen LogP contribution < -0.4 is 5.32 Å². The van der Waals surface area contributed by atoms with Crippen LogP contribution in [-0.2, 0) is 11.3 Å². The molecule has 2 rings (SSSR count). The van der Waals surface area contributed by atoms with E-state index in [0.717, 1.165) is 0 Å². The number of nitrogens with zero attached hydrogens (tertiary/aromatic N) is 3. The van der Waals surface area contributed by atoms with Gasteiger partial charge in [-0.25, -0.2) is 4.98 Å². The number of ketones is 1. The van der Waals surface area contributed by atoms with E-state index in [1.807, 2.05) is 0 Å². The molecule has 0 fully saturated rings. The van der Waals surface area contributed by atoms with Crippen LogP contribution in [0.3, 0.4) is 0 Å². The van der Waals surface area contributed by atoms with Crippen molar-refractivity contribution in [2.75, 3.05) is 11.9 Å². The molecule has 1 aromatic heterocycles. The highest BCUT2D eigenvalue weighted by Gasteiger charge is 2.19. The minimum absolute atomic E-state index is 0.0815. The summed E-state index contributed by atoms with van der Waals surface area (Å²) < 4.78 is 1.75. The van der Waals surface area contributed by atoms with Crippen LogP contribution in [0.25, 0.3) is 0 Å². The van der Waals surface area contributed by atoms with Crippen molar-refractivity contribution < 1.29 is 14.7 Å². The third kappa shape index (κ3) is 2.73. The summed E-state index contributed by atoms with van der Waals surface area (Å²) in [5, 5.41) is 11.4. The van der Waals surface area contributed by atoms with E-state index in [1.165, 1.54) is 6.34 Å². The van der Waals surface area contributed by atoms with Gasteiger partial charge in [0.15, 0.2) is 5.82 Å². The number of carboxylic acids is 1. The van der Waals surface area contributed by atoms with Gasteiger partial charge in [-0.15, -0.1) is 0 Å². The minimum atomic E-state index is -0.800. The Labute approximate surface area is 104 Å². The number of aliphatic carboxylic acids is 1.